The summed E-state index contributed by atoms with van der Waals surface area (Å²) < 4.78 is 27.3. The molecule has 2 amide bonds. The SMILES string of the molecule is CN(c1ccccc1)S(=O)(=O)c1cc(C(=O)O)cc(N2C(=O)CCC2=O)c1S. The van der Waals surface area contributed by atoms with Crippen molar-refractivity contribution in [3.63, 3.8) is 0 Å². The Kier molecular flexibility index (Phi) is 5.18. The minimum atomic E-state index is -4.22. The highest BCUT2D eigenvalue weighted by molar-refractivity contribution is 7.93. The molecule has 1 saturated heterocycles. The number of carboxylic acids is 1. The van der Waals surface area contributed by atoms with Gasteiger partial charge in [0, 0.05) is 24.8 Å². The van der Waals surface area contributed by atoms with Crippen LogP contribution in [0.5, 0.6) is 0 Å². The van der Waals surface area contributed by atoms with Gasteiger partial charge in [-0.15, -0.1) is 12.6 Å². The first kappa shape index (κ1) is 19.9. The standard InChI is InChI=1S/C18H16N2O6S2/c1-19(12-5-3-2-4-6-12)28(25,26)14-10-11(18(23)24)9-13(17(14)27)20-15(21)7-8-16(20)22/h2-6,9-10,27H,7-8H2,1H3,(H,23,24). The normalized spacial score (nSPS) is 14.4. The number of carbonyl (C=O) groups is 3. The lowest BCUT2D eigenvalue weighted by Gasteiger charge is -2.23. The number of thiol groups is 1. The summed E-state index contributed by atoms with van der Waals surface area (Å²) in [6.07, 6.45) is -0.0648. The molecule has 1 aliphatic rings. The van der Waals surface area contributed by atoms with Gasteiger partial charge in [0.2, 0.25) is 11.8 Å². The summed E-state index contributed by atoms with van der Waals surface area (Å²) in [6.45, 7) is 0. The van der Waals surface area contributed by atoms with Gasteiger partial charge in [-0.2, -0.15) is 0 Å². The fourth-order valence-corrected chi connectivity index (χ4v) is 4.75. The fourth-order valence-electron chi connectivity index (χ4n) is 2.85. The zero-order valence-electron chi connectivity index (χ0n) is 14.7. The average molecular weight is 420 g/mol. The molecule has 1 heterocycles. The van der Waals surface area contributed by atoms with E-state index in [-0.39, 0.29) is 29.0 Å². The van der Waals surface area contributed by atoms with Crippen molar-refractivity contribution in [2.75, 3.05) is 16.3 Å². The zero-order valence-corrected chi connectivity index (χ0v) is 16.4. The Balaban J connectivity index is 2.22. The number of rotatable bonds is 5. The molecule has 0 aromatic heterocycles. The van der Waals surface area contributed by atoms with E-state index in [4.69, 9.17) is 0 Å². The Labute approximate surface area is 166 Å². The van der Waals surface area contributed by atoms with Crippen LogP contribution in [0.4, 0.5) is 11.4 Å². The molecule has 146 valence electrons. The number of imide groups is 1. The molecular weight excluding hydrogens is 404 g/mol. The Morgan fingerprint density at radius 2 is 1.68 bits per heavy atom. The van der Waals surface area contributed by atoms with Gasteiger partial charge >= 0.3 is 5.97 Å². The average Bonchev–Trinajstić information content (AvgIpc) is 3.00. The van der Waals surface area contributed by atoms with E-state index in [1.165, 1.54) is 7.05 Å². The Morgan fingerprint density at radius 3 is 2.21 bits per heavy atom. The lowest BCUT2D eigenvalue weighted by atomic mass is 10.2. The molecule has 2 aromatic rings. The number of benzene rings is 2. The second-order valence-corrected chi connectivity index (χ2v) is 8.46. The van der Waals surface area contributed by atoms with E-state index >= 15 is 0 Å². The van der Waals surface area contributed by atoms with E-state index in [2.05, 4.69) is 12.6 Å². The molecule has 8 nitrogen and oxygen atoms in total. The second kappa shape index (κ2) is 7.28. The van der Waals surface area contributed by atoms with Crippen LogP contribution in [-0.4, -0.2) is 38.4 Å². The van der Waals surface area contributed by atoms with Gasteiger partial charge in [-0.25, -0.2) is 18.1 Å². The zero-order chi connectivity index (χ0) is 20.6. The molecule has 28 heavy (non-hydrogen) atoms. The smallest absolute Gasteiger partial charge is 0.335 e. The third-order valence-electron chi connectivity index (χ3n) is 4.35. The van der Waals surface area contributed by atoms with Crippen LogP contribution >= 0.6 is 12.6 Å². The van der Waals surface area contributed by atoms with Crippen molar-refractivity contribution in [2.45, 2.75) is 22.6 Å². The number of carbonyl (C=O) groups excluding carboxylic acids is 2. The maximum Gasteiger partial charge on any atom is 0.335 e. The van der Waals surface area contributed by atoms with Crippen LogP contribution < -0.4 is 9.21 Å². The Bertz CT molecular complexity index is 1070. The molecule has 10 heteroatoms. The largest absolute Gasteiger partial charge is 0.478 e. The van der Waals surface area contributed by atoms with Crippen molar-refractivity contribution in [1.82, 2.24) is 0 Å². The van der Waals surface area contributed by atoms with Crippen LogP contribution in [0.2, 0.25) is 0 Å². The summed E-state index contributed by atoms with van der Waals surface area (Å²) >= 11 is 4.24. The third kappa shape index (κ3) is 3.36. The molecule has 0 radical (unpaired) electrons. The minimum Gasteiger partial charge on any atom is -0.478 e. The van der Waals surface area contributed by atoms with Crippen LogP contribution in [-0.2, 0) is 19.6 Å². The van der Waals surface area contributed by atoms with Gasteiger partial charge in [-0.3, -0.25) is 13.9 Å². The monoisotopic (exact) mass is 420 g/mol. The number of hydrogen-bond donors (Lipinski definition) is 2. The molecule has 1 fully saturated rings. The number of amides is 2. The number of carboxylic acid groups (broad SMARTS) is 1. The van der Waals surface area contributed by atoms with Gasteiger partial charge in [-0.05, 0) is 24.3 Å². The van der Waals surface area contributed by atoms with Gasteiger partial charge in [0.15, 0.2) is 0 Å². The van der Waals surface area contributed by atoms with E-state index in [1.54, 1.807) is 30.3 Å². The molecule has 0 unspecified atom stereocenters. The molecular formula is C18H16N2O6S2. The highest BCUT2D eigenvalue weighted by Crippen LogP contribution is 2.37. The Hall–Kier alpha value is -2.85. The maximum atomic E-state index is 13.2. The van der Waals surface area contributed by atoms with Crippen molar-refractivity contribution in [1.29, 1.82) is 0 Å². The molecule has 0 saturated carbocycles. The second-order valence-electron chi connectivity index (χ2n) is 6.08. The number of aromatic carboxylic acids is 1. The molecule has 1 aliphatic heterocycles. The van der Waals surface area contributed by atoms with Crippen molar-refractivity contribution >= 4 is 51.8 Å². The summed E-state index contributed by atoms with van der Waals surface area (Å²) in [6, 6.07) is 10.2. The van der Waals surface area contributed by atoms with Crippen molar-refractivity contribution in [2.24, 2.45) is 0 Å². The molecule has 0 spiro atoms. The predicted octanol–water partition coefficient (Wildman–Crippen LogP) is 2.15. The maximum absolute atomic E-state index is 13.2. The van der Waals surface area contributed by atoms with Crippen LogP contribution in [0.15, 0.2) is 52.3 Å². The first-order valence-electron chi connectivity index (χ1n) is 8.14. The van der Waals surface area contributed by atoms with Crippen LogP contribution in [0.1, 0.15) is 23.2 Å². The first-order valence-corrected chi connectivity index (χ1v) is 10.0. The summed E-state index contributed by atoms with van der Waals surface area (Å²) in [5.41, 5.74) is -0.179. The summed E-state index contributed by atoms with van der Waals surface area (Å²) in [5.74, 6) is -2.47. The molecule has 0 bridgehead atoms. The third-order valence-corrected chi connectivity index (χ3v) is 6.78. The van der Waals surface area contributed by atoms with E-state index < -0.39 is 32.7 Å². The van der Waals surface area contributed by atoms with Crippen molar-refractivity contribution in [3.05, 3.63) is 48.0 Å². The van der Waals surface area contributed by atoms with Crippen molar-refractivity contribution in [3.8, 4) is 0 Å². The minimum absolute atomic E-state index is 0.0324. The van der Waals surface area contributed by atoms with Gasteiger partial charge in [0.05, 0.1) is 16.9 Å². The van der Waals surface area contributed by atoms with Gasteiger partial charge < -0.3 is 5.11 Å². The Morgan fingerprint density at radius 1 is 1.11 bits per heavy atom. The van der Waals surface area contributed by atoms with E-state index in [1.807, 2.05) is 0 Å². The number of para-hydroxylation sites is 1. The van der Waals surface area contributed by atoms with E-state index in [0.717, 1.165) is 21.3 Å². The first-order chi connectivity index (χ1) is 13.1. The van der Waals surface area contributed by atoms with Crippen molar-refractivity contribution < 1.29 is 27.9 Å². The van der Waals surface area contributed by atoms with E-state index in [9.17, 15) is 27.9 Å². The quantitative estimate of drug-likeness (QED) is 0.566. The number of sulfonamides is 1. The number of anilines is 2. The fraction of sp³-hybridized carbons (Fsp3) is 0.167. The van der Waals surface area contributed by atoms with Gasteiger partial charge in [0.1, 0.15) is 4.90 Å². The topological polar surface area (TPSA) is 112 Å². The summed E-state index contributed by atoms with van der Waals surface area (Å²) in [7, 11) is -2.90. The lowest BCUT2D eigenvalue weighted by Crippen LogP contribution is -2.31. The summed E-state index contributed by atoms with van der Waals surface area (Å²) in [4.78, 5) is 35.9. The lowest BCUT2D eigenvalue weighted by molar-refractivity contribution is -0.121. The highest BCUT2D eigenvalue weighted by atomic mass is 32.2. The van der Waals surface area contributed by atoms with Crippen LogP contribution in [0.3, 0.4) is 0 Å². The molecule has 0 atom stereocenters. The van der Waals surface area contributed by atoms with Gasteiger partial charge in [-0.1, -0.05) is 18.2 Å². The number of nitrogens with zero attached hydrogens (tertiary/aromatic N) is 2. The van der Waals surface area contributed by atoms with Crippen LogP contribution in [0, 0.1) is 0 Å². The molecule has 1 N–H and O–H groups in total. The van der Waals surface area contributed by atoms with E-state index in [0.29, 0.717) is 5.69 Å². The van der Waals surface area contributed by atoms with Crippen LogP contribution in [0.25, 0.3) is 0 Å². The highest BCUT2D eigenvalue weighted by Gasteiger charge is 2.35. The summed E-state index contributed by atoms with van der Waals surface area (Å²) in [5, 5.41) is 9.40. The molecule has 3 rings (SSSR count). The predicted molar refractivity (Wildman–Crippen MR) is 104 cm³/mol. The number of hydrogen-bond acceptors (Lipinski definition) is 6. The molecule has 2 aromatic carbocycles. The van der Waals surface area contributed by atoms with Gasteiger partial charge in [0.25, 0.3) is 10.0 Å². The molecule has 0 aliphatic carbocycles.